The summed E-state index contributed by atoms with van der Waals surface area (Å²) in [5.41, 5.74) is 3.88. The number of morpholine rings is 1. The summed E-state index contributed by atoms with van der Waals surface area (Å²) in [6, 6.07) is 20.0. The van der Waals surface area contributed by atoms with Crippen LogP contribution in [0, 0.1) is 0 Å². The number of hydrogen-bond acceptors (Lipinski definition) is 3. The third-order valence-corrected chi connectivity index (χ3v) is 4.45. The molecule has 1 heterocycles. The van der Waals surface area contributed by atoms with E-state index in [1.54, 1.807) is 7.11 Å². The van der Waals surface area contributed by atoms with E-state index in [4.69, 9.17) is 9.47 Å². The minimum atomic E-state index is 0.311. The Balaban J connectivity index is 1.81. The van der Waals surface area contributed by atoms with Gasteiger partial charge in [-0.15, -0.1) is 0 Å². The van der Waals surface area contributed by atoms with Crippen LogP contribution in [0.25, 0.3) is 0 Å². The van der Waals surface area contributed by atoms with Gasteiger partial charge in [0.1, 0.15) is 0 Å². The molecule has 122 valence electrons. The lowest BCUT2D eigenvalue weighted by atomic mass is 10.0. The van der Waals surface area contributed by atoms with Crippen molar-refractivity contribution >= 4 is 0 Å². The molecule has 0 saturated carbocycles. The van der Waals surface area contributed by atoms with Crippen LogP contribution in [0.2, 0.25) is 0 Å². The summed E-state index contributed by atoms with van der Waals surface area (Å²) in [7, 11) is 1.74. The van der Waals surface area contributed by atoms with E-state index in [0.717, 1.165) is 19.8 Å². The van der Waals surface area contributed by atoms with Crippen molar-refractivity contribution in [2.45, 2.75) is 32.2 Å². The van der Waals surface area contributed by atoms with Crippen LogP contribution in [0.15, 0.2) is 54.6 Å². The maximum absolute atomic E-state index is 5.82. The topological polar surface area (TPSA) is 21.7 Å². The predicted octanol–water partition coefficient (Wildman–Crippen LogP) is 3.80. The Kier molecular flexibility index (Phi) is 5.44. The van der Waals surface area contributed by atoms with E-state index < -0.39 is 0 Å². The summed E-state index contributed by atoms with van der Waals surface area (Å²) in [5, 5.41) is 0. The van der Waals surface area contributed by atoms with Gasteiger partial charge in [-0.3, -0.25) is 4.90 Å². The molecule has 1 aliphatic heterocycles. The van der Waals surface area contributed by atoms with Crippen LogP contribution >= 0.6 is 0 Å². The van der Waals surface area contributed by atoms with E-state index in [1.165, 1.54) is 16.7 Å². The zero-order chi connectivity index (χ0) is 16.1. The van der Waals surface area contributed by atoms with Crippen molar-refractivity contribution < 1.29 is 9.47 Å². The second kappa shape index (κ2) is 7.73. The van der Waals surface area contributed by atoms with Crippen LogP contribution < -0.4 is 0 Å². The first kappa shape index (κ1) is 16.2. The molecule has 1 fully saturated rings. The molecule has 0 aliphatic carbocycles. The highest BCUT2D eigenvalue weighted by Crippen LogP contribution is 2.29. The molecule has 2 aromatic rings. The standard InChI is InChI=1S/C20H25NO2/c1-16-13-23-15-20(19-9-4-3-5-10-19)21(16)12-17-7-6-8-18(11-17)14-22-2/h3-11,16,20H,12-15H2,1-2H3. The summed E-state index contributed by atoms with van der Waals surface area (Å²) in [5.74, 6) is 0. The summed E-state index contributed by atoms with van der Waals surface area (Å²) >= 11 is 0. The minimum Gasteiger partial charge on any atom is -0.380 e. The second-order valence-electron chi connectivity index (χ2n) is 6.24. The molecule has 0 N–H and O–H groups in total. The van der Waals surface area contributed by atoms with Gasteiger partial charge in [-0.2, -0.15) is 0 Å². The van der Waals surface area contributed by atoms with E-state index in [1.807, 2.05) is 0 Å². The molecule has 2 unspecified atom stereocenters. The monoisotopic (exact) mass is 311 g/mol. The van der Waals surface area contributed by atoms with Crippen molar-refractivity contribution in [3.63, 3.8) is 0 Å². The Morgan fingerprint density at radius 2 is 1.83 bits per heavy atom. The molecule has 23 heavy (non-hydrogen) atoms. The number of benzene rings is 2. The van der Waals surface area contributed by atoms with Gasteiger partial charge < -0.3 is 9.47 Å². The van der Waals surface area contributed by atoms with Crippen LogP contribution in [0.1, 0.15) is 29.7 Å². The van der Waals surface area contributed by atoms with Crippen LogP contribution in [0.5, 0.6) is 0 Å². The first-order chi connectivity index (χ1) is 11.3. The Hall–Kier alpha value is -1.68. The molecule has 2 aromatic carbocycles. The number of nitrogens with zero attached hydrogens (tertiary/aromatic N) is 1. The van der Waals surface area contributed by atoms with Gasteiger partial charge in [0.15, 0.2) is 0 Å². The molecule has 0 amide bonds. The highest BCUT2D eigenvalue weighted by molar-refractivity contribution is 5.25. The van der Waals surface area contributed by atoms with Crippen molar-refractivity contribution in [1.29, 1.82) is 0 Å². The van der Waals surface area contributed by atoms with Gasteiger partial charge >= 0.3 is 0 Å². The minimum absolute atomic E-state index is 0.311. The lowest BCUT2D eigenvalue weighted by Crippen LogP contribution is -2.45. The lowest BCUT2D eigenvalue weighted by Gasteiger charge is -2.40. The molecule has 0 aromatic heterocycles. The van der Waals surface area contributed by atoms with Crippen molar-refractivity contribution in [1.82, 2.24) is 4.90 Å². The quantitative estimate of drug-likeness (QED) is 0.838. The van der Waals surface area contributed by atoms with Gasteiger partial charge in [0.05, 0.1) is 25.9 Å². The second-order valence-corrected chi connectivity index (χ2v) is 6.24. The number of methoxy groups -OCH3 is 1. The summed E-state index contributed by atoms with van der Waals surface area (Å²) < 4.78 is 11.1. The van der Waals surface area contributed by atoms with Crippen molar-refractivity contribution in [2.24, 2.45) is 0 Å². The van der Waals surface area contributed by atoms with Crippen molar-refractivity contribution in [3.05, 3.63) is 71.3 Å². The number of ether oxygens (including phenoxy) is 2. The summed E-state index contributed by atoms with van der Waals surface area (Å²) in [6.07, 6.45) is 0. The molecule has 1 aliphatic rings. The van der Waals surface area contributed by atoms with Gasteiger partial charge in [-0.25, -0.2) is 0 Å². The summed E-state index contributed by atoms with van der Waals surface area (Å²) in [6.45, 7) is 5.39. The van der Waals surface area contributed by atoms with Gasteiger partial charge in [-0.05, 0) is 23.6 Å². The summed E-state index contributed by atoms with van der Waals surface area (Å²) in [4.78, 5) is 2.55. The lowest BCUT2D eigenvalue weighted by molar-refractivity contribution is -0.0490. The first-order valence-corrected chi connectivity index (χ1v) is 8.23. The zero-order valence-electron chi connectivity index (χ0n) is 13.9. The number of hydrogen-bond donors (Lipinski definition) is 0. The fourth-order valence-corrected chi connectivity index (χ4v) is 3.27. The van der Waals surface area contributed by atoms with Gasteiger partial charge in [0, 0.05) is 19.7 Å². The average molecular weight is 311 g/mol. The molecule has 0 spiro atoms. The van der Waals surface area contributed by atoms with Crippen molar-refractivity contribution in [3.8, 4) is 0 Å². The molecule has 1 saturated heterocycles. The van der Waals surface area contributed by atoms with E-state index in [0.29, 0.717) is 18.7 Å². The maximum atomic E-state index is 5.82. The van der Waals surface area contributed by atoms with Crippen LogP contribution in [0.4, 0.5) is 0 Å². The Bertz CT molecular complexity index is 614. The Morgan fingerprint density at radius 1 is 1.04 bits per heavy atom. The third kappa shape index (κ3) is 3.99. The van der Waals surface area contributed by atoms with Gasteiger partial charge in [0.2, 0.25) is 0 Å². The molecule has 0 radical (unpaired) electrons. The molecule has 3 nitrogen and oxygen atoms in total. The van der Waals surface area contributed by atoms with Crippen LogP contribution in [0.3, 0.4) is 0 Å². The SMILES string of the molecule is COCc1cccc(CN2C(C)COCC2c2ccccc2)c1. The maximum Gasteiger partial charge on any atom is 0.0713 e. The Morgan fingerprint density at radius 3 is 2.61 bits per heavy atom. The van der Waals surface area contributed by atoms with Crippen LogP contribution in [-0.2, 0) is 22.6 Å². The average Bonchev–Trinajstić information content (AvgIpc) is 2.58. The third-order valence-electron chi connectivity index (χ3n) is 4.45. The van der Waals surface area contributed by atoms with Gasteiger partial charge in [-0.1, -0.05) is 54.6 Å². The fourth-order valence-electron chi connectivity index (χ4n) is 3.27. The van der Waals surface area contributed by atoms with Gasteiger partial charge in [0.25, 0.3) is 0 Å². The van der Waals surface area contributed by atoms with Crippen molar-refractivity contribution in [2.75, 3.05) is 20.3 Å². The predicted molar refractivity (Wildman–Crippen MR) is 92.2 cm³/mol. The molecular weight excluding hydrogens is 286 g/mol. The van der Waals surface area contributed by atoms with E-state index in [9.17, 15) is 0 Å². The molecule has 0 bridgehead atoms. The normalized spacial score (nSPS) is 22.2. The van der Waals surface area contributed by atoms with E-state index >= 15 is 0 Å². The first-order valence-electron chi connectivity index (χ1n) is 8.23. The molecule has 2 atom stereocenters. The van der Waals surface area contributed by atoms with E-state index in [2.05, 4.69) is 66.4 Å². The molecule has 3 rings (SSSR count). The molecular formula is C20H25NO2. The Labute approximate surface area is 138 Å². The molecule has 3 heteroatoms. The van der Waals surface area contributed by atoms with Crippen LogP contribution in [-0.4, -0.2) is 31.3 Å². The highest BCUT2D eigenvalue weighted by atomic mass is 16.5. The highest BCUT2D eigenvalue weighted by Gasteiger charge is 2.29. The largest absolute Gasteiger partial charge is 0.380 e. The fraction of sp³-hybridized carbons (Fsp3) is 0.400. The van der Waals surface area contributed by atoms with E-state index in [-0.39, 0.29) is 0 Å². The zero-order valence-corrected chi connectivity index (χ0v) is 13.9. The number of rotatable bonds is 5. The smallest absolute Gasteiger partial charge is 0.0713 e.